The van der Waals surface area contributed by atoms with Crippen LogP contribution in [0.1, 0.15) is 25.8 Å². The fourth-order valence-electron chi connectivity index (χ4n) is 1.65. The molecule has 1 N–H and O–H groups in total. The SMILES string of the molecule is COC(=O)C[C@H](NCc1ccccc1)C(C)C. The van der Waals surface area contributed by atoms with E-state index >= 15 is 0 Å². The van der Waals surface area contributed by atoms with Crippen molar-refractivity contribution < 1.29 is 9.53 Å². The average molecular weight is 235 g/mol. The largest absolute Gasteiger partial charge is 0.469 e. The number of carbonyl (C=O) groups is 1. The van der Waals surface area contributed by atoms with Crippen LogP contribution in [-0.4, -0.2) is 19.1 Å². The third-order valence-electron chi connectivity index (χ3n) is 2.83. The molecule has 0 aliphatic carbocycles. The molecule has 94 valence electrons. The molecule has 0 aromatic heterocycles. The van der Waals surface area contributed by atoms with Gasteiger partial charge in [-0.05, 0) is 11.5 Å². The Morgan fingerprint density at radius 3 is 2.47 bits per heavy atom. The van der Waals surface area contributed by atoms with Crippen molar-refractivity contribution >= 4 is 5.97 Å². The van der Waals surface area contributed by atoms with Crippen molar-refractivity contribution in [2.24, 2.45) is 5.92 Å². The zero-order valence-corrected chi connectivity index (χ0v) is 10.8. The predicted octanol–water partition coefficient (Wildman–Crippen LogP) is 2.36. The Labute approximate surface area is 103 Å². The van der Waals surface area contributed by atoms with Crippen LogP contribution in [0.15, 0.2) is 30.3 Å². The monoisotopic (exact) mass is 235 g/mol. The highest BCUT2D eigenvalue weighted by Crippen LogP contribution is 2.08. The number of hydrogen-bond donors (Lipinski definition) is 1. The van der Waals surface area contributed by atoms with Crippen molar-refractivity contribution in [2.45, 2.75) is 32.9 Å². The van der Waals surface area contributed by atoms with Crippen LogP contribution in [0.5, 0.6) is 0 Å². The van der Waals surface area contributed by atoms with Gasteiger partial charge in [0.05, 0.1) is 13.5 Å². The van der Waals surface area contributed by atoms with Crippen LogP contribution in [0.3, 0.4) is 0 Å². The van der Waals surface area contributed by atoms with Crippen molar-refractivity contribution in [2.75, 3.05) is 7.11 Å². The first-order chi connectivity index (χ1) is 8.13. The summed E-state index contributed by atoms with van der Waals surface area (Å²) in [4.78, 5) is 11.3. The quantitative estimate of drug-likeness (QED) is 0.769. The summed E-state index contributed by atoms with van der Waals surface area (Å²) in [5.74, 6) is 0.238. The van der Waals surface area contributed by atoms with Crippen LogP contribution < -0.4 is 5.32 Å². The Morgan fingerprint density at radius 2 is 1.94 bits per heavy atom. The molecule has 0 aliphatic heterocycles. The molecule has 1 rings (SSSR count). The van der Waals surface area contributed by atoms with E-state index in [0.29, 0.717) is 12.3 Å². The van der Waals surface area contributed by atoms with Gasteiger partial charge in [-0.1, -0.05) is 44.2 Å². The number of hydrogen-bond acceptors (Lipinski definition) is 3. The molecule has 1 atom stereocenters. The Balaban J connectivity index is 2.47. The van der Waals surface area contributed by atoms with E-state index in [2.05, 4.69) is 31.3 Å². The van der Waals surface area contributed by atoms with Gasteiger partial charge in [0.15, 0.2) is 0 Å². The molecule has 0 radical (unpaired) electrons. The molecule has 0 amide bonds. The second kappa shape index (κ2) is 7.07. The van der Waals surface area contributed by atoms with Gasteiger partial charge in [-0.25, -0.2) is 0 Å². The normalized spacial score (nSPS) is 12.5. The molecule has 0 unspecified atom stereocenters. The lowest BCUT2D eigenvalue weighted by molar-refractivity contribution is -0.141. The van der Waals surface area contributed by atoms with E-state index in [-0.39, 0.29) is 12.0 Å². The van der Waals surface area contributed by atoms with Gasteiger partial charge in [0, 0.05) is 12.6 Å². The van der Waals surface area contributed by atoms with Crippen LogP contribution in [0, 0.1) is 5.92 Å². The number of nitrogens with one attached hydrogen (secondary N) is 1. The van der Waals surface area contributed by atoms with Gasteiger partial charge in [0.1, 0.15) is 0 Å². The van der Waals surface area contributed by atoms with E-state index in [1.54, 1.807) is 0 Å². The Hall–Kier alpha value is -1.35. The van der Waals surface area contributed by atoms with E-state index in [0.717, 1.165) is 6.54 Å². The average Bonchev–Trinajstić information content (AvgIpc) is 2.35. The van der Waals surface area contributed by atoms with Gasteiger partial charge >= 0.3 is 5.97 Å². The summed E-state index contributed by atoms with van der Waals surface area (Å²) >= 11 is 0. The Kier molecular flexibility index (Phi) is 5.70. The zero-order valence-electron chi connectivity index (χ0n) is 10.8. The number of carbonyl (C=O) groups excluding carboxylic acids is 1. The molecule has 17 heavy (non-hydrogen) atoms. The van der Waals surface area contributed by atoms with Gasteiger partial charge in [0.2, 0.25) is 0 Å². The summed E-state index contributed by atoms with van der Waals surface area (Å²) in [7, 11) is 1.43. The third-order valence-corrected chi connectivity index (χ3v) is 2.83. The molecule has 0 spiro atoms. The molecule has 0 fully saturated rings. The number of ether oxygens (including phenoxy) is 1. The van der Waals surface area contributed by atoms with Crippen LogP contribution >= 0.6 is 0 Å². The smallest absolute Gasteiger partial charge is 0.307 e. The topological polar surface area (TPSA) is 38.3 Å². The molecule has 1 aromatic carbocycles. The summed E-state index contributed by atoms with van der Waals surface area (Å²) < 4.78 is 4.70. The van der Waals surface area contributed by atoms with Crippen molar-refractivity contribution in [1.82, 2.24) is 5.32 Å². The van der Waals surface area contributed by atoms with Gasteiger partial charge in [-0.2, -0.15) is 0 Å². The number of esters is 1. The van der Waals surface area contributed by atoms with Crippen molar-refractivity contribution in [3.05, 3.63) is 35.9 Å². The van der Waals surface area contributed by atoms with Crippen LogP contribution in [0.4, 0.5) is 0 Å². The molecule has 0 saturated carbocycles. The van der Waals surface area contributed by atoms with Crippen LogP contribution in [0.2, 0.25) is 0 Å². The van der Waals surface area contributed by atoms with E-state index in [9.17, 15) is 4.79 Å². The summed E-state index contributed by atoms with van der Waals surface area (Å²) in [6.45, 7) is 4.98. The zero-order chi connectivity index (χ0) is 12.7. The fraction of sp³-hybridized carbons (Fsp3) is 0.500. The minimum Gasteiger partial charge on any atom is -0.469 e. The maximum absolute atomic E-state index is 11.3. The first-order valence-electron chi connectivity index (χ1n) is 5.97. The van der Waals surface area contributed by atoms with Crippen LogP contribution in [-0.2, 0) is 16.1 Å². The highest BCUT2D eigenvalue weighted by molar-refractivity contribution is 5.69. The molecule has 0 aliphatic rings. The maximum atomic E-state index is 11.3. The lowest BCUT2D eigenvalue weighted by atomic mass is 10.0. The summed E-state index contributed by atoms with van der Waals surface area (Å²) in [5, 5.41) is 3.40. The number of methoxy groups -OCH3 is 1. The Morgan fingerprint density at radius 1 is 1.29 bits per heavy atom. The predicted molar refractivity (Wildman–Crippen MR) is 68.5 cm³/mol. The molecule has 3 nitrogen and oxygen atoms in total. The molecular formula is C14H21NO2. The summed E-state index contributed by atoms with van der Waals surface area (Å²) in [5.41, 5.74) is 1.23. The standard InChI is InChI=1S/C14H21NO2/c1-11(2)13(9-14(16)17-3)15-10-12-7-5-4-6-8-12/h4-8,11,13,15H,9-10H2,1-3H3/t13-/m0/s1. The minimum atomic E-state index is -0.163. The molecular weight excluding hydrogens is 214 g/mol. The second-order valence-electron chi connectivity index (χ2n) is 4.50. The van der Waals surface area contributed by atoms with Crippen molar-refractivity contribution in [3.63, 3.8) is 0 Å². The van der Waals surface area contributed by atoms with Gasteiger partial charge < -0.3 is 10.1 Å². The van der Waals surface area contributed by atoms with Crippen molar-refractivity contribution in [1.29, 1.82) is 0 Å². The van der Waals surface area contributed by atoms with Gasteiger partial charge in [0.25, 0.3) is 0 Å². The lowest BCUT2D eigenvalue weighted by Gasteiger charge is -2.21. The van der Waals surface area contributed by atoms with E-state index in [1.165, 1.54) is 12.7 Å². The number of rotatable bonds is 6. The highest BCUT2D eigenvalue weighted by Gasteiger charge is 2.17. The highest BCUT2D eigenvalue weighted by atomic mass is 16.5. The first kappa shape index (κ1) is 13.7. The van der Waals surface area contributed by atoms with E-state index in [4.69, 9.17) is 4.74 Å². The first-order valence-corrected chi connectivity index (χ1v) is 5.97. The molecule has 1 aromatic rings. The minimum absolute atomic E-state index is 0.155. The maximum Gasteiger partial charge on any atom is 0.307 e. The van der Waals surface area contributed by atoms with Gasteiger partial charge in [-0.15, -0.1) is 0 Å². The summed E-state index contributed by atoms with van der Waals surface area (Å²) in [6, 6.07) is 10.3. The Bertz CT molecular complexity index is 335. The molecule has 0 heterocycles. The van der Waals surface area contributed by atoms with E-state index in [1.807, 2.05) is 18.2 Å². The van der Waals surface area contributed by atoms with Gasteiger partial charge in [-0.3, -0.25) is 4.79 Å². The van der Waals surface area contributed by atoms with Crippen molar-refractivity contribution in [3.8, 4) is 0 Å². The number of benzene rings is 1. The summed E-state index contributed by atoms with van der Waals surface area (Å²) in [6.07, 6.45) is 0.418. The molecule has 3 heteroatoms. The van der Waals surface area contributed by atoms with E-state index < -0.39 is 0 Å². The lowest BCUT2D eigenvalue weighted by Crippen LogP contribution is -2.35. The van der Waals surface area contributed by atoms with Crippen LogP contribution in [0.25, 0.3) is 0 Å². The molecule has 0 saturated heterocycles. The third kappa shape index (κ3) is 5.00. The fourth-order valence-corrected chi connectivity index (χ4v) is 1.65. The molecule has 0 bridgehead atoms. The second-order valence-corrected chi connectivity index (χ2v) is 4.50.